The summed E-state index contributed by atoms with van der Waals surface area (Å²) in [5.74, 6) is -0.0907. The van der Waals surface area contributed by atoms with E-state index in [1.54, 1.807) is 28.2 Å². The molecule has 1 amide bonds. The van der Waals surface area contributed by atoms with E-state index in [0.717, 1.165) is 17.0 Å². The van der Waals surface area contributed by atoms with Gasteiger partial charge >= 0.3 is 0 Å². The van der Waals surface area contributed by atoms with Crippen molar-refractivity contribution in [3.8, 4) is 0 Å². The van der Waals surface area contributed by atoms with Crippen molar-refractivity contribution < 1.29 is 9.59 Å². The standard InChI is InChI=1S/C16H23N5O2/c1-10-14(8-20(6)17-10)7-19(5)15(23)9-21-12(3)16(13(4)22)11(2)18-21/h8H,7,9H2,1-6H3. The summed E-state index contributed by atoms with van der Waals surface area (Å²) in [5, 5.41) is 8.59. The fraction of sp³-hybridized carbons (Fsp3) is 0.500. The highest BCUT2D eigenvalue weighted by molar-refractivity contribution is 5.96. The molecule has 0 aliphatic rings. The second-order valence-electron chi connectivity index (χ2n) is 5.92. The van der Waals surface area contributed by atoms with Crippen LogP contribution in [-0.4, -0.2) is 43.2 Å². The highest BCUT2D eigenvalue weighted by Crippen LogP contribution is 2.14. The summed E-state index contributed by atoms with van der Waals surface area (Å²) in [6.45, 7) is 7.66. The molecule has 0 aromatic carbocycles. The molecule has 2 heterocycles. The van der Waals surface area contributed by atoms with Crippen LogP contribution >= 0.6 is 0 Å². The maximum absolute atomic E-state index is 12.4. The van der Waals surface area contributed by atoms with Crippen molar-refractivity contribution >= 4 is 11.7 Å². The molecule has 0 bridgehead atoms. The number of carbonyl (C=O) groups excluding carboxylic acids is 2. The first-order valence-corrected chi connectivity index (χ1v) is 7.48. The summed E-state index contributed by atoms with van der Waals surface area (Å²) in [4.78, 5) is 25.7. The first-order chi connectivity index (χ1) is 10.7. The molecule has 2 rings (SSSR count). The van der Waals surface area contributed by atoms with E-state index in [0.29, 0.717) is 17.8 Å². The fourth-order valence-electron chi connectivity index (χ4n) is 2.76. The molecule has 0 atom stereocenters. The van der Waals surface area contributed by atoms with Crippen LogP contribution in [0.2, 0.25) is 0 Å². The molecular weight excluding hydrogens is 294 g/mol. The predicted molar refractivity (Wildman–Crippen MR) is 86.1 cm³/mol. The van der Waals surface area contributed by atoms with Gasteiger partial charge in [0.2, 0.25) is 5.91 Å². The van der Waals surface area contributed by atoms with Crippen molar-refractivity contribution in [3.05, 3.63) is 34.4 Å². The molecule has 124 valence electrons. The third kappa shape index (κ3) is 3.49. The van der Waals surface area contributed by atoms with Crippen molar-refractivity contribution in [2.45, 2.75) is 40.8 Å². The second kappa shape index (κ2) is 6.36. The second-order valence-corrected chi connectivity index (χ2v) is 5.92. The SMILES string of the molecule is CC(=O)c1c(C)nn(CC(=O)N(C)Cc2cn(C)nc2C)c1C. The molecule has 0 spiro atoms. The Morgan fingerprint density at radius 1 is 1.17 bits per heavy atom. The van der Waals surface area contributed by atoms with Gasteiger partial charge in [-0.3, -0.25) is 19.0 Å². The Labute approximate surface area is 135 Å². The molecule has 7 heteroatoms. The molecule has 2 aromatic rings. The Bertz CT molecular complexity index is 757. The average Bonchev–Trinajstić information content (AvgIpc) is 2.89. The molecule has 0 unspecified atom stereocenters. The molecule has 0 aliphatic heterocycles. The molecule has 0 aliphatic carbocycles. The Morgan fingerprint density at radius 3 is 2.30 bits per heavy atom. The maximum Gasteiger partial charge on any atom is 0.244 e. The summed E-state index contributed by atoms with van der Waals surface area (Å²) in [5.41, 5.74) is 3.92. The van der Waals surface area contributed by atoms with Gasteiger partial charge in [0, 0.05) is 38.1 Å². The number of rotatable bonds is 5. The van der Waals surface area contributed by atoms with E-state index < -0.39 is 0 Å². The number of likely N-dealkylation sites (N-methyl/N-ethyl adjacent to an activating group) is 1. The number of aromatic nitrogens is 4. The summed E-state index contributed by atoms with van der Waals surface area (Å²) < 4.78 is 3.34. The normalized spacial score (nSPS) is 10.9. The number of hydrogen-bond acceptors (Lipinski definition) is 4. The van der Waals surface area contributed by atoms with E-state index in [1.807, 2.05) is 27.1 Å². The molecule has 0 saturated heterocycles. The number of aryl methyl sites for hydroxylation is 3. The monoisotopic (exact) mass is 317 g/mol. The van der Waals surface area contributed by atoms with Crippen molar-refractivity contribution in [2.75, 3.05) is 7.05 Å². The van der Waals surface area contributed by atoms with Crippen LogP contribution in [0.5, 0.6) is 0 Å². The van der Waals surface area contributed by atoms with Crippen molar-refractivity contribution in [3.63, 3.8) is 0 Å². The minimum atomic E-state index is -0.0612. The number of carbonyl (C=O) groups is 2. The van der Waals surface area contributed by atoms with Crippen LogP contribution in [0.15, 0.2) is 6.20 Å². The lowest BCUT2D eigenvalue weighted by molar-refractivity contribution is -0.131. The largest absolute Gasteiger partial charge is 0.340 e. The highest BCUT2D eigenvalue weighted by atomic mass is 16.2. The number of nitrogens with zero attached hydrogens (tertiary/aromatic N) is 5. The summed E-state index contributed by atoms with van der Waals surface area (Å²) in [6, 6.07) is 0. The zero-order chi connectivity index (χ0) is 17.3. The van der Waals surface area contributed by atoms with Crippen molar-refractivity contribution in [1.29, 1.82) is 0 Å². The van der Waals surface area contributed by atoms with Crippen LogP contribution in [0.25, 0.3) is 0 Å². The first kappa shape index (κ1) is 16.9. The number of amides is 1. The van der Waals surface area contributed by atoms with Gasteiger partial charge in [0.25, 0.3) is 0 Å². The minimum absolute atomic E-state index is 0.0296. The lowest BCUT2D eigenvalue weighted by Crippen LogP contribution is -2.30. The van der Waals surface area contributed by atoms with Crippen LogP contribution in [0, 0.1) is 20.8 Å². The van der Waals surface area contributed by atoms with Crippen molar-refractivity contribution in [2.24, 2.45) is 7.05 Å². The summed E-state index contributed by atoms with van der Waals surface area (Å²) in [7, 11) is 3.61. The van der Waals surface area contributed by atoms with Crippen LogP contribution in [0.1, 0.15) is 39.9 Å². The van der Waals surface area contributed by atoms with E-state index in [1.165, 1.54) is 6.92 Å². The quantitative estimate of drug-likeness (QED) is 0.782. The van der Waals surface area contributed by atoms with Gasteiger partial charge in [-0.1, -0.05) is 0 Å². The van der Waals surface area contributed by atoms with Gasteiger partial charge in [-0.2, -0.15) is 10.2 Å². The minimum Gasteiger partial charge on any atom is -0.340 e. The van der Waals surface area contributed by atoms with E-state index in [9.17, 15) is 9.59 Å². The van der Waals surface area contributed by atoms with Gasteiger partial charge in [-0.15, -0.1) is 0 Å². The molecule has 7 nitrogen and oxygen atoms in total. The van der Waals surface area contributed by atoms with Crippen LogP contribution in [-0.2, 0) is 24.9 Å². The first-order valence-electron chi connectivity index (χ1n) is 7.48. The van der Waals surface area contributed by atoms with Gasteiger partial charge in [0.05, 0.1) is 17.0 Å². The molecular formula is C16H23N5O2. The van der Waals surface area contributed by atoms with E-state index in [4.69, 9.17) is 0 Å². The Balaban J connectivity index is 2.11. The zero-order valence-corrected chi connectivity index (χ0v) is 14.5. The zero-order valence-electron chi connectivity index (χ0n) is 14.5. The lowest BCUT2D eigenvalue weighted by Gasteiger charge is -2.17. The topological polar surface area (TPSA) is 73.0 Å². The number of ketones is 1. The molecule has 0 fully saturated rings. The predicted octanol–water partition coefficient (Wildman–Crippen LogP) is 1.40. The molecule has 2 aromatic heterocycles. The van der Waals surface area contributed by atoms with E-state index in [-0.39, 0.29) is 18.2 Å². The molecule has 0 radical (unpaired) electrons. The number of Topliss-reactive ketones (excluding diaryl/α,β-unsaturated/α-hetero) is 1. The summed E-state index contributed by atoms with van der Waals surface area (Å²) in [6.07, 6.45) is 1.91. The van der Waals surface area contributed by atoms with Gasteiger partial charge in [-0.05, 0) is 27.7 Å². The van der Waals surface area contributed by atoms with Crippen LogP contribution in [0.4, 0.5) is 0 Å². The summed E-state index contributed by atoms with van der Waals surface area (Å²) >= 11 is 0. The molecule has 0 saturated carbocycles. The van der Waals surface area contributed by atoms with Gasteiger partial charge in [-0.25, -0.2) is 0 Å². The Hall–Kier alpha value is -2.44. The maximum atomic E-state index is 12.4. The van der Waals surface area contributed by atoms with E-state index >= 15 is 0 Å². The average molecular weight is 317 g/mol. The molecule has 23 heavy (non-hydrogen) atoms. The lowest BCUT2D eigenvalue weighted by atomic mass is 10.1. The third-order valence-corrected chi connectivity index (χ3v) is 3.97. The van der Waals surface area contributed by atoms with Crippen LogP contribution < -0.4 is 0 Å². The Kier molecular flexibility index (Phi) is 4.68. The van der Waals surface area contributed by atoms with E-state index in [2.05, 4.69) is 10.2 Å². The highest BCUT2D eigenvalue weighted by Gasteiger charge is 2.19. The number of hydrogen-bond donors (Lipinski definition) is 0. The van der Waals surface area contributed by atoms with Crippen molar-refractivity contribution in [1.82, 2.24) is 24.5 Å². The van der Waals surface area contributed by atoms with Crippen LogP contribution in [0.3, 0.4) is 0 Å². The Morgan fingerprint density at radius 2 is 1.83 bits per heavy atom. The van der Waals surface area contributed by atoms with Gasteiger partial charge in [0.15, 0.2) is 5.78 Å². The smallest absolute Gasteiger partial charge is 0.244 e. The molecule has 0 N–H and O–H groups in total. The van der Waals surface area contributed by atoms with Gasteiger partial charge < -0.3 is 4.90 Å². The van der Waals surface area contributed by atoms with Gasteiger partial charge in [0.1, 0.15) is 6.54 Å². The fourth-order valence-corrected chi connectivity index (χ4v) is 2.76. The third-order valence-electron chi connectivity index (χ3n) is 3.97.